The van der Waals surface area contributed by atoms with Gasteiger partial charge >= 0.3 is 0 Å². The van der Waals surface area contributed by atoms with E-state index >= 15 is 0 Å². The fourth-order valence-corrected chi connectivity index (χ4v) is 5.64. The lowest BCUT2D eigenvalue weighted by Gasteiger charge is -2.34. The molecule has 8 heteroatoms. The Bertz CT molecular complexity index is 1280. The molecule has 2 aromatic carbocycles. The first-order valence-electron chi connectivity index (χ1n) is 12.0. The fraction of sp³-hybridized carbons (Fsp3) is 0.370. The minimum absolute atomic E-state index is 0.340. The first-order chi connectivity index (χ1) is 17.2. The summed E-state index contributed by atoms with van der Waals surface area (Å²) in [6.45, 7) is 2.44. The first kappa shape index (κ1) is 23.5. The van der Waals surface area contributed by atoms with Gasteiger partial charge in [-0.05, 0) is 49.2 Å². The largest absolute Gasteiger partial charge is 0.493 e. The summed E-state index contributed by atoms with van der Waals surface area (Å²) >= 11 is 1.74. The van der Waals surface area contributed by atoms with Crippen LogP contribution >= 0.6 is 11.3 Å². The SMILES string of the molecule is COc1ccc(CN(C)c2nc(CN3CCCCC3c3nccs3)nc3ccccc23)cc1OC. The van der Waals surface area contributed by atoms with Crippen LogP contribution in [0.4, 0.5) is 5.82 Å². The molecule has 0 radical (unpaired) electrons. The van der Waals surface area contributed by atoms with Gasteiger partial charge in [0.05, 0.1) is 32.3 Å². The van der Waals surface area contributed by atoms with E-state index in [1.807, 2.05) is 30.5 Å². The highest BCUT2D eigenvalue weighted by Crippen LogP contribution is 2.34. The van der Waals surface area contributed by atoms with Crippen molar-refractivity contribution >= 4 is 28.1 Å². The van der Waals surface area contributed by atoms with Crippen LogP contribution in [0.25, 0.3) is 10.9 Å². The normalized spacial score (nSPS) is 16.4. The van der Waals surface area contributed by atoms with Crippen LogP contribution in [0.2, 0.25) is 0 Å². The number of hydrogen-bond acceptors (Lipinski definition) is 8. The van der Waals surface area contributed by atoms with Crippen LogP contribution < -0.4 is 14.4 Å². The van der Waals surface area contributed by atoms with Crippen LogP contribution in [-0.4, -0.2) is 47.7 Å². The van der Waals surface area contributed by atoms with Gasteiger partial charge in [0.25, 0.3) is 0 Å². The zero-order valence-corrected chi connectivity index (χ0v) is 21.3. The molecule has 2 aromatic heterocycles. The van der Waals surface area contributed by atoms with E-state index < -0.39 is 0 Å². The van der Waals surface area contributed by atoms with Crippen LogP contribution in [0.5, 0.6) is 11.5 Å². The second-order valence-corrected chi connectivity index (χ2v) is 9.80. The Hall–Kier alpha value is -3.23. The molecular formula is C27H31N5O2S. The van der Waals surface area contributed by atoms with Crippen molar-refractivity contribution in [3.8, 4) is 11.5 Å². The third-order valence-corrected chi connectivity index (χ3v) is 7.43. The number of fused-ring (bicyclic) bond motifs is 1. The average Bonchev–Trinajstić information content (AvgIpc) is 3.43. The maximum Gasteiger partial charge on any atom is 0.161 e. The number of ether oxygens (including phenoxy) is 2. The van der Waals surface area contributed by atoms with E-state index in [4.69, 9.17) is 19.4 Å². The predicted octanol–water partition coefficient (Wildman–Crippen LogP) is 5.47. The van der Waals surface area contributed by atoms with E-state index in [0.29, 0.717) is 19.1 Å². The van der Waals surface area contributed by atoms with E-state index in [1.165, 1.54) is 17.8 Å². The number of piperidine rings is 1. The molecule has 4 aromatic rings. The minimum atomic E-state index is 0.340. The van der Waals surface area contributed by atoms with Crippen molar-refractivity contribution in [1.29, 1.82) is 0 Å². The van der Waals surface area contributed by atoms with Crippen LogP contribution in [0.15, 0.2) is 54.0 Å². The Kier molecular flexibility index (Phi) is 7.11. The molecule has 3 heterocycles. The molecule has 0 saturated carbocycles. The Labute approximate surface area is 210 Å². The third kappa shape index (κ3) is 5.09. The summed E-state index contributed by atoms with van der Waals surface area (Å²) in [7, 11) is 5.39. The Morgan fingerprint density at radius 1 is 1.06 bits per heavy atom. The molecule has 1 saturated heterocycles. The van der Waals surface area contributed by atoms with Crippen LogP contribution in [-0.2, 0) is 13.1 Å². The molecule has 182 valence electrons. The molecule has 1 aliphatic rings. The quantitative estimate of drug-likeness (QED) is 0.325. The summed E-state index contributed by atoms with van der Waals surface area (Å²) in [4.78, 5) is 19.3. The van der Waals surface area contributed by atoms with E-state index in [-0.39, 0.29) is 0 Å². The highest BCUT2D eigenvalue weighted by molar-refractivity contribution is 7.09. The molecule has 5 rings (SSSR count). The average molecular weight is 490 g/mol. The van der Waals surface area contributed by atoms with E-state index in [2.05, 4.69) is 45.4 Å². The van der Waals surface area contributed by atoms with E-state index in [9.17, 15) is 0 Å². The summed E-state index contributed by atoms with van der Waals surface area (Å²) in [5.41, 5.74) is 2.09. The molecule has 1 aliphatic heterocycles. The van der Waals surface area contributed by atoms with Gasteiger partial charge in [-0.25, -0.2) is 15.0 Å². The van der Waals surface area contributed by atoms with Crippen molar-refractivity contribution in [2.24, 2.45) is 0 Å². The van der Waals surface area contributed by atoms with Gasteiger partial charge in [0, 0.05) is 30.6 Å². The van der Waals surface area contributed by atoms with Gasteiger partial charge in [0.15, 0.2) is 11.5 Å². The molecule has 1 atom stereocenters. The Morgan fingerprint density at radius 2 is 1.91 bits per heavy atom. The second kappa shape index (κ2) is 10.6. The summed E-state index contributed by atoms with van der Waals surface area (Å²) in [5.74, 6) is 3.24. The number of thiazole rings is 1. The molecule has 0 N–H and O–H groups in total. The highest BCUT2D eigenvalue weighted by Gasteiger charge is 2.27. The van der Waals surface area contributed by atoms with Gasteiger partial charge < -0.3 is 14.4 Å². The minimum Gasteiger partial charge on any atom is -0.493 e. The van der Waals surface area contributed by atoms with E-state index in [0.717, 1.165) is 52.6 Å². The lowest BCUT2D eigenvalue weighted by molar-refractivity contribution is 0.137. The molecule has 0 amide bonds. The standard InChI is InChI=1S/C27H31N5O2S/c1-31(17-19-11-12-23(33-2)24(16-19)34-3)26-20-8-4-5-9-21(20)29-25(30-26)18-32-14-7-6-10-22(32)27-28-13-15-35-27/h4-5,8-9,11-13,15-16,22H,6-7,10,14,17-18H2,1-3H3. The van der Waals surface area contributed by atoms with Crippen molar-refractivity contribution < 1.29 is 9.47 Å². The molecule has 0 bridgehead atoms. The monoisotopic (exact) mass is 489 g/mol. The number of likely N-dealkylation sites (tertiary alicyclic amines) is 1. The van der Waals surface area contributed by atoms with Crippen molar-refractivity contribution in [2.45, 2.75) is 38.4 Å². The van der Waals surface area contributed by atoms with Gasteiger partial charge in [-0.2, -0.15) is 0 Å². The maximum atomic E-state index is 5.50. The van der Waals surface area contributed by atoms with Gasteiger partial charge in [0.1, 0.15) is 16.6 Å². The number of anilines is 1. The number of benzene rings is 2. The number of nitrogens with zero attached hydrogens (tertiary/aromatic N) is 5. The lowest BCUT2D eigenvalue weighted by atomic mass is 10.0. The maximum absolute atomic E-state index is 5.50. The molecule has 0 aliphatic carbocycles. The van der Waals surface area contributed by atoms with Crippen molar-refractivity contribution in [1.82, 2.24) is 19.9 Å². The van der Waals surface area contributed by atoms with Crippen molar-refractivity contribution in [2.75, 3.05) is 32.7 Å². The second-order valence-electron chi connectivity index (χ2n) is 8.88. The van der Waals surface area contributed by atoms with Crippen molar-refractivity contribution in [3.63, 3.8) is 0 Å². The summed E-state index contributed by atoms with van der Waals surface area (Å²) in [6.07, 6.45) is 5.47. The number of aromatic nitrogens is 3. The fourth-order valence-electron chi connectivity index (χ4n) is 4.84. The smallest absolute Gasteiger partial charge is 0.161 e. The Balaban J connectivity index is 1.44. The van der Waals surface area contributed by atoms with Crippen molar-refractivity contribution in [3.05, 3.63) is 70.4 Å². The van der Waals surface area contributed by atoms with Gasteiger partial charge in [-0.1, -0.05) is 24.6 Å². The zero-order valence-electron chi connectivity index (χ0n) is 20.5. The lowest BCUT2D eigenvalue weighted by Crippen LogP contribution is -2.33. The Morgan fingerprint density at radius 3 is 2.71 bits per heavy atom. The predicted molar refractivity (Wildman–Crippen MR) is 140 cm³/mol. The molecule has 7 nitrogen and oxygen atoms in total. The molecule has 1 fully saturated rings. The van der Waals surface area contributed by atoms with Crippen LogP contribution in [0.1, 0.15) is 41.7 Å². The molecular weight excluding hydrogens is 458 g/mol. The van der Waals surface area contributed by atoms with Gasteiger partial charge in [-0.3, -0.25) is 4.90 Å². The van der Waals surface area contributed by atoms with Crippen LogP contribution in [0.3, 0.4) is 0 Å². The third-order valence-electron chi connectivity index (χ3n) is 6.55. The summed E-state index contributed by atoms with van der Waals surface area (Å²) in [5, 5.41) is 4.31. The first-order valence-corrected chi connectivity index (χ1v) is 12.9. The number of methoxy groups -OCH3 is 2. The molecule has 35 heavy (non-hydrogen) atoms. The van der Waals surface area contributed by atoms with Gasteiger partial charge in [0.2, 0.25) is 0 Å². The molecule has 0 spiro atoms. The van der Waals surface area contributed by atoms with Crippen LogP contribution in [0, 0.1) is 0 Å². The topological polar surface area (TPSA) is 63.6 Å². The van der Waals surface area contributed by atoms with Gasteiger partial charge in [-0.15, -0.1) is 11.3 Å². The molecule has 1 unspecified atom stereocenters. The zero-order chi connectivity index (χ0) is 24.2. The number of rotatable bonds is 8. The van der Waals surface area contributed by atoms with E-state index in [1.54, 1.807) is 25.6 Å². The summed E-state index contributed by atoms with van der Waals surface area (Å²) < 4.78 is 10.9. The summed E-state index contributed by atoms with van der Waals surface area (Å²) in [6, 6.07) is 14.6. The highest BCUT2D eigenvalue weighted by atomic mass is 32.1. The number of hydrogen-bond donors (Lipinski definition) is 0. The number of para-hydroxylation sites is 1.